The predicted molar refractivity (Wildman–Crippen MR) is 64.5 cm³/mol. The first-order valence-corrected chi connectivity index (χ1v) is 6.14. The molecule has 0 amide bonds. The third-order valence-electron chi connectivity index (χ3n) is 3.07. The number of benzene rings is 1. The van der Waals surface area contributed by atoms with E-state index in [0.717, 1.165) is 32.0 Å². The second-order valence-corrected chi connectivity index (χ2v) is 4.40. The summed E-state index contributed by atoms with van der Waals surface area (Å²) in [4.78, 5) is 0. The molecule has 1 aromatic rings. The lowest BCUT2D eigenvalue weighted by Crippen LogP contribution is -2.34. The molecule has 0 aromatic heterocycles. The third kappa shape index (κ3) is 3.32. The van der Waals surface area contributed by atoms with Crippen molar-refractivity contribution in [2.75, 3.05) is 20.2 Å². The number of methoxy groups -OCH3 is 1. The van der Waals surface area contributed by atoms with Gasteiger partial charge in [0.25, 0.3) is 0 Å². The van der Waals surface area contributed by atoms with Crippen molar-refractivity contribution < 1.29 is 22.6 Å². The number of piperidine rings is 1. The van der Waals surface area contributed by atoms with Crippen LogP contribution in [0.25, 0.3) is 0 Å². The molecule has 19 heavy (non-hydrogen) atoms. The van der Waals surface area contributed by atoms with Gasteiger partial charge in [-0.15, -0.1) is 0 Å². The van der Waals surface area contributed by atoms with Gasteiger partial charge in [0.2, 0.25) is 0 Å². The van der Waals surface area contributed by atoms with Crippen LogP contribution in [-0.4, -0.2) is 26.3 Å². The lowest BCUT2D eigenvalue weighted by Gasteiger charge is -2.25. The van der Waals surface area contributed by atoms with Gasteiger partial charge in [-0.2, -0.15) is 13.2 Å². The summed E-state index contributed by atoms with van der Waals surface area (Å²) in [5.74, 6) is -0.0854. The van der Waals surface area contributed by atoms with E-state index in [1.54, 1.807) is 0 Å². The summed E-state index contributed by atoms with van der Waals surface area (Å²) in [6.45, 7) is 1.62. The van der Waals surface area contributed by atoms with Gasteiger partial charge >= 0.3 is 6.18 Å². The lowest BCUT2D eigenvalue weighted by atomic mass is 10.1. The molecule has 0 bridgehead atoms. The van der Waals surface area contributed by atoms with Crippen molar-refractivity contribution in [1.82, 2.24) is 5.32 Å². The maximum atomic E-state index is 12.8. The summed E-state index contributed by atoms with van der Waals surface area (Å²) in [6.07, 6.45) is -2.96. The van der Waals surface area contributed by atoms with Crippen LogP contribution in [0.5, 0.6) is 11.5 Å². The van der Waals surface area contributed by atoms with Crippen molar-refractivity contribution in [1.29, 1.82) is 0 Å². The Labute approximate surface area is 109 Å². The molecule has 1 aliphatic heterocycles. The Kier molecular flexibility index (Phi) is 4.19. The average molecular weight is 275 g/mol. The number of rotatable bonds is 3. The van der Waals surface area contributed by atoms with E-state index in [4.69, 9.17) is 9.47 Å². The number of hydrogen-bond donors (Lipinski definition) is 1. The molecule has 3 nitrogen and oxygen atoms in total. The summed E-state index contributed by atoms with van der Waals surface area (Å²) in [5, 5.41) is 3.17. The van der Waals surface area contributed by atoms with Crippen molar-refractivity contribution in [2.45, 2.75) is 25.1 Å². The molecule has 106 valence electrons. The van der Waals surface area contributed by atoms with E-state index >= 15 is 0 Å². The van der Waals surface area contributed by atoms with Crippen LogP contribution < -0.4 is 14.8 Å². The van der Waals surface area contributed by atoms with Gasteiger partial charge in [-0.25, -0.2) is 0 Å². The van der Waals surface area contributed by atoms with Crippen molar-refractivity contribution in [2.24, 2.45) is 0 Å². The van der Waals surface area contributed by atoms with E-state index in [-0.39, 0.29) is 17.6 Å². The van der Waals surface area contributed by atoms with Crippen molar-refractivity contribution in [3.8, 4) is 11.5 Å². The van der Waals surface area contributed by atoms with Crippen LogP contribution in [0, 0.1) is 0 Å². The summed E-state index contributed by atoms with van der Waals surface area (Å²) < 4.78 is 49.1. The van der Waals surface area contributed by atoms with E-state index in [0.29, 0.717) is 0 Å². The Morgan fingerprint density at radius 3 is 2.47 bits per heavy atom. The number of ether oxygens (including phenoxy) is 2. The van der Waals surface area contributed by atoms with Gasteiger partial charge in [-0.05, 0) is 38.1 Å². The van der Waals surface area contributed by atoms with Crippen molar-refractivity contribution in [3.63, 3.8) is 0 Å². The molecule has 1 N–H and O–H groups in total. The zero-order chi connectivity index (χ0) is 13.9. The molecule has 1 aliphatic rings. The van der Waals surface area contributed by atoms with E-state index in [9.17, 15) is 13.2 Å². The minimum Gasteiger partial charge on any atom is -0.492 e. The molecule has 0 unspecified atom stereocenters. The van der Waals surface area contributed by atoms with Gasteiger partial charge in [0.15, 0.2) is 11.5 Å². The number of hydrogen-bond acceptors (Lipinski definition) is 3. The normalized spacial score (nSPS) is 17.3. The van der Waals surface area contributed by atoms with E-state index in [2.05, 4.69) is 5.32 Å². The SMILES string of the molecule is COc1c(OC2CCNCC2)cccc1C(F)(F)F. The number of alkyl halides is 3. The molecule has 6 heteroatoms. The molecule has 0 radical (unpaired) electrons. The number of para-hydroxylation sites is 1. The largest absolute Gasteiger partial charge is 0.492 e. The van der Waals surface area contributed by atoms with Crippen LogP contribution in [0.4, 0.5) is 13.2 Å². The molecule has 0 atom stereocenters. The summed E-state index contributed by atoms with van der Waals surface area (Å²) in [5.41, 5.74) is -0.804. The standard InChI is InChI=1S/C13H16F3NO2/c1-18-12-10(13(14,15)16)3-2-4-11(12)19-9-5-7-17-8-6-9/h2-4,9,17H,5-8H2,1H3. The Bertz CT molecular complexity index is 428. The Morgan fingerprint density at radius 2 is 1.89 bits per heavy atom. The molecule has 0 saturated carbocycles. The Morgan fingerprint density at radius 1 is 1.21 bits per heavy atom. The summed E-state index contributed by atoms with van der Waals surface area (Å²) in [7, 11) is 1.22. The van der Waals surface area contributed by atoms with Crippen LogP contribution in [0.1, 0.15) is 18.4 Å². The van der Waals surface area contributed by atoms with Crippen LogP contribution in [-0.2, 0) is 6.18 Å². The lowest BCUT2D eigenvalue weighted by molar-refractivity contribution is -0.139. The van der Waals surface area contributed by atoms with E-state index < -0.39 is 11.7 Å². The van der Waals surface area contributed by atoms with Gasteiger partial charge in [0.05, 0.1) is 7.11 Å². The highest BCUT2D eigenvalue weighted by atomic mass is 19.4. The number of nitrogens with one attached hydrogen (secondary N) is 1. The minimum atomic E-state index is -4.45. The van der Waals surface area contributed by atoms with Crippen LogP contribution in [0.3, 0.4) is 0 Å². The molecular weight excluding hydrogens is 259 g/mol. The van der Waals surface area contributed by atoms with Gasteiger partial charge in [-0.1, -0.05) is 6.07 Å². The minimum absolute atomic E-state index is 0.0707. The highest BCUT2D eigenvalue weighted by molar-refractivity contribution is 5.48. The molecule has 1 aromatic carbocycles. The smallest absolute Gasteiger partial charge is 0.420 e. The van der Waals surface area contributed by atoms with Gasteiger partial charge in [0.1, 0.15) is 11.7 Å². The first-order valence-electron chi connectivity index (χ1n) is 6.14. The van der Waals surface area contributed by atoms with Gasteiger partial charge < -0.3 is 14.8 Å². The zero-order valence-electron chi connectivity index (χ0n) is 10.6. The van der Waals surface area contributed by atoms with Gasteiger partial charge in [-0.3, -0.25) is 0 Å². The van der Waals surface area contributed by atoms with Crippen molar-refractivity contribution >= 4 is 0 Å². The quantitative estimate of drug-likeness (QED) is 0.920. The highest BCUT2D eigenvalue weighted by Gasteiger charge is 2.36. The first kappa shape index (κ1) is 14.0. The molecular formula is C13H16F3NO2. The van der Waals surface area contributed by atoms with Crippen molar-refractivity contribution in [3.05, 3.63) is 23.8 Å². The second-order valence-electron chi connectivity index (χ2n) is 4.40. The summed E-state index contributed by atoms with van der Waals surface area (Å²) in [6, 6.07) is 3.84. The second kappa shape index (κ2) is 5.69. The average Bonchev–Trinajstić information content (AvgIpc) is 2.38. The topological polar surface area (TPSA) is 30.5 Å². The molecule has 0 aliphatic carbocycles. The zero-order valence-corrected chi connectivity index (χ0v) is 10.6. The highest BCUT2D eigenvalue weighted by Crippen LogP contribution is 2.41. The molecule has 2 rings (SSSR count). The Hall–Kier alpha value is -1.43. The fourth-order valence-electron chi connectivity index (χ4n) is 2.14. The molecule has 1 heterocycles. The fourth-order valence-corrected chi connectivity index (χ4v) is 2.14. The Balaban J connectivity index is 2.24. The third-order valence-corrected chi connectivity index (χ3v) is 3.07. The molecule has 0 spiro atoms. The van der Waals surface area contributed by atoms with Gasteiger partial charge in [0, 0.05) is 0 Å². The molecule has 1 fully saturated rings. The van der Waals surface area contributed by atoms with Crippen LogP contribution in [0.2, 0.25) is 0 Å². The van der Waals surface area contributed by atoms with E-state index in [1.165, 1.54) is 19.2 Å². The van der Waals surface area contributed by atoms with Crippen LogP contribution >= 0.6 is 0 Å². The fraction of sp³-hybridized carbons (Fsp3) is 0.538. The number of halogens is 3. The first-order chi connectivity index (χ1) is 9.02. The predicted octanol–water partition coefficient (Wildman–Crippen LogP) is 2.84. The monoisotopic (exact) mass is 275 g/mol. The molecule has 1 saturated heterocycles. The maximum Gasteiger partial charge on any atom is 0.420 e. The van der Waals surface area contributed by atoms with Crippen LogP contribution in [0.15, 0.2) is 18.2 Å². The summed E-state index contributed by atoms with van der Waals surface area (Å²) >= 11 is 0. The van der Waals surface area contributed by atoms with E-state index in [1.807, 2.05) is 0 Å². The maximum absolute atomic E-state index is 12.8.